The third-order valence-corrected chi connectivity index (χ3v) is 3.73. The van der Waals surface area contributed by atoms with Crippen LogP contribution in [0.5, 0.6) is 0 Å². The van der Waals surface area contributed by atoms with Crippen LogP contribution in [0.3, 0.4) is 0 Å². The summed E-state index contributed by atoms with van der Waals surface area (Å²) in [4.78, 5) is 2.24. The molecule has 0 amide bonds. The van der Waals surface area contributed by atoms with Crippen molar-refractivity contribution in [2.45, 2.75) is 18.9 Å². The molecule has 0 saturated carbocycles. The zero-order valence-corrected chi connectivity index (χ0v) is 11.1. The maximum Gasteiger partial charge on any atom is 0.123 e. The van der Waals surface area contributed by atoms with E-state index in [1.165, 1.54) is 0 Å². The zero-order chi connectivity index (χ0) is 12.4. The first-order chi connectivity index (χ1) is 8.08. The number of amidine groups is 1. The Labute approximate surface area is 109 Å². The minimum absolute atomic E-state index is 0.0671. The summed E-state index contributed by atoms with van der Waals surface area (Å²) in [6.45, 7) is 1.74. The Morgan fingerprint density at radius 1 is 1.41 bits per heavy atom. The molecule has 5 heteroatoms. The number of nitrogens with two attached hydrogens (primary N) is 1. The second-order valence-corrected chi connectivity index (χ2v) is 5.15. The molecule has 0 aliphatic carbocycles. The molecule has 0 radical (unpaired) electrons. The smallest absolute Gasteiger partial charge is 0.123 e. The van der Waals surface area contributed by atoms with Gasteiger partial charge in [0.15, 0.2) is 0 Å². The summed E-state index contributed by atoms with van der Waals surface area (Å²) < 4.78 is 0.841. The van der Waals surface area contributed by atoms with Crippen LogP contribution >= 0.6 is 15.9 Å². The van der Waals surface area contributed by atoms with Crippen LogP contribution < -0.4 is 10.6 Å². The molecule has 4 nitrogen and oxygen atoms in total. The lowest BCUT2D eigenvalue weighted by molar-refractivity contribution is 0.145. The van der Waals surface area contributed by atoms with E-state index in [1.54, 1.807) is 0 Å². The predicted octanol–water partition coefficient (Wildman–Crippen LogP) is 1.69. The molecular weight excluding hydrogens is 282 g/mol. The number of nitrogens with zero attached hydrogens (tertiary/aromatic N) is 1. The topological polar surface area (TPSA) is 73.3 Å². The first-order valence-corrected chi connectivity index (χ1v) is 6.44. The summed E-state index contributed by atoms with van der Waals surface area (Å²) in [7, 11) is 0. The molecule has 0 spiro atoms. The first-order valence-electron chi connectivity index (χ1n) is 5.65. The number of nitrogens with one attached hydrogen (secondary N) is 1. The van der Waals surface area contributed by atoms with E-state index in [2.05, 4.69) is 20.8 Å². The fourth-order valence-electron chi connectivity index (χ4n) is 2.04. The molecule has 1 aromatic rings. The molecule has 0 bridgehead atoms. The summed E-state index contributed by atoms with van der Waals surface area (Å²) in [5.41, 5.74) is 7.29. The molecule has 1 aliphatic heterocycles. The summed E-state index contributed by atoms with van der Waals surface area (Å²) in [5.74, 6) is 0.0671. The highest BCUT2D eigenvalue weighted by molar-refractivity contribution is 9.10. The molecule has 1 aliphatic rings. The van der Waals surface area contributed by atoms with Crippen LogP contribution in [0.4, 0.5) is 5.69 Å². The molecule has 1 fully saturated rings. The first kappa shape index (κ1) is 12.4. The molecule has 0 atom stereocenters. The Balaban J connectivity index is 2.17. The van der Waals surface area contributed by atoms with E-state index in [0.717, 1.165) is 36.1 Å². The van der Waals surface area contributed by atoms with E-state index < -0.39 is 0 Å². The van der Waals surface area contributed by atoms with Crippen molar-refractivity contribution >= 4 is 27.5 Å². The van der Waals surface area contributed by atoms with Crippen LogP contribution in [-0.2, 0) is 0 Å². The Kier molecular flexibility index (Phi) is 3.69. The summed E-state index contributed by atoms with van der Waals surface area (Å²) in [6, 6.07) is 5.81. The van der Waals surface area contributed by atoms with Gasteiger partial charge in [-0.15, -0.1) is 0 Å². The van der Waals surface area contributed by atoms with Crippen molar-refractivity contribution in [1.82, 2.24) is 0 Å². The highest BCUT2D eigenvalue weighted by Crippen LogP contribution is 2.26. The van der Waals surface area contributed by atoms with Gasteiger partial charge in [-0.2, -0.15) is 0 Å². The summed E-state index contributed by atoms with van der Waals surface area (Å²) >= 11 is 3.43. The number of aliphatic hydroxyl groups is 1. The van der Waals surface area contributed by atoms with Crippen LogP contribution in [0, 0.1) is 5.41 Å². The lowest BCUT2D eigenvalue weighted by Gasteiger charge is -2.31. The Morgan fingerprint density at radius 2 is 2.06 bits per heavy atom. The van der Waals surface area contributed by atoms with Crippen molar-refractivity contribution in [3.8, 4) is 0 Å². The van der Waals surface area contributed by atoms with Crippen LogP contribution in [0.1, 0.15) is 18.4 Å². The van der Waals surface area contributed by atoms with Gasteiger partial charge in [0.25, 0.3) is 0 Å². The minimum Gasteiger partial charge on any atom is -0.393 e. The highest BCUT2D eigenvalue weighted by Gasteiger charge is 2.17. The molecule has 0 unspecified atom stereocenters. The number of hydrogen-bond donors (Lipinski definition) is 3. The summed E-state index contributed by atoms with van der Waals surface area (Å²) in [6.07, 6.45) is 1.46. The van der Waals surface area contributed by atoms with Crippen molar-refractivity contribution in [1.29, 1.82) is 5.41 Å². The van der Waals surface area contributed by atoms with E-state index in [0.29, 0.717) is 5.56 Å². The Hall–Kier alpha value is -1.07. The van der Waals surface area contributed by atoms with E-state index in [1.807, 2.05) is 18.2 Å². The molecule has 17 heavy (non-hydrogen) atoms. The molecule has 0 aromatic heterocycles. The molecule has 2 rings (SSSR count). The molecule has 1 heterocycles. The van der Waals surface area contributed by atoms with Gasteiger partial charge in [0.2, 0.25) is 0 Å². The standard InChI is InChI=1S/C12H16BrN3O/c13-11-7-8(1-2-10(11)12(14)15)16-5-3-9(17)4-6-16/h1-2,7,9,17H,3-6H2,(H3,14,15). The second kappa shape index (κ2) is 5.06. The molecule has 1 aromatic carbocycles. The second-order valence-electron chi connectivity index (χ2n) is 4.30. The molecule has 1 saturated heterocycles. The van der Waals surface area contributed by atoms with Gasteiger partial charge in [-0.05, 0) is 47.0 Å². The van der Waals surface area contributed by atoms with Crippen molar-refractivity contribution in [3.05, 3.63) is 28.2 Å². The SMILES string of the molecule is N=C(N)c1ccc(N2CCC(O)CC2)cc1Br. The number of rotatable bonds is 2. The lowest BCUT2D eigenvalue weighted by atomic mass is 10.1. The maximum absolute atomic E-state index is 9.46. The molecular formula is C12H16BrN3O. The van der Waals surface area contributed by atoms with Crippen LogP contribution in [0.25, 0.3) is 0 Å². The maximum atomic E-state index is 9.46. The average molecular weight is 298 g/mol. The number of anilines is 1. The Bertz CT molecular complexity index is 428. The van der Waals surface area contributed by atoms with Gasteiger partial charge in [0, 0.05) is 28.8 Å². The van der Waals surface area contributed by atoms with Gasteiger partial charge in [-0.1, -0.05) is 0 Å². The monoisotopic (exact) mass is 297 g/mol. The quantitative estimate of drug-likeness (QED) is 0.574. The summed E-state index contributed by atoms with van der Waals surface area (Å²) in [5, 5.41) is 16.9. The number of piperidine rings is 1. The number of nitrogen functional groups attached to an aromatic ring is 1. The van der Waals surface area contributed by atoms with Crippen LogP contribution in [0.2, 0.25) is 0 Å². The van der Waals surface area contributed by atoms with Gasteiger partial charge in [0.05, 0.1) is 6.10 Å². The third-order valence-electron chi connectivity index (χ3n) is 3.07. The third kappa shape index (κ3) is 2.79. The van der Waals surface area contributed by atoms with E-state index in [4.69, 9.17) is 11.1 Å². The predicted molar refractivity (Wildman–Crippen MR) is 72.6 cm³/mol. The largest absolute Gasteiger partial charge is 0.393 e. The van der Waals surface area contributed by atoms with Gasteiger partial charge in [0.1, 0.15) is 5.84 Å². The van der Waals surface area contributed by atoms with Gasteiger partial charge >= 0.3 is 0 Å². The van der Waals surface area contributed by atoms with Crippen molar-refractivity contribution in [3.63, 3.8) is 0 Å². The van der Waals surface area contributed by atoms with Crippen molar-refractivity contribution < 1.29 is 5.11 Å². The lowest BCUT2D eigenvalue weighted by Crippen LogP contribution is -2.35. The van der Waals surface area contributed by atoms with Gasteiger partial charge in [-0.3, -0.25) is 5.41 Å². The van der Waals surface area contributed by atoms with E-state index in [-0.39, 0.29) is 11.9 Å². The van der Waals surface area contributed by atoms with Crippen LogP contribution in [-0.4, -0.2) is 30.1 Å². The fraction of sp³-hybridized carbons (Fsp3) is 0.417. The molecule has 92 valence electrons. The molecule has 4 N–H and O–H groups in total. The van der Waals surface area contributed by atoms with Crippen molar-refractivity contribution in [2.24, 2.45) is 5.73 Å². The number of benzene rings is 1. The normalized spacial score (nSPS) is 17.2. The van der Waals surface area contributed by atoms with Crippen LogP contribution in [0.15, 0.2) is 22.7 Å². The highest BCUT2D eigenvalue weighted by atomic mass is 79.9. The Morgan fingerprint density at radius 3 is 2.59 bits per heavy atom. The van der Waals surface area contributed by atoms with E-state index in [9.17, 15) is 5.11 Å². The number of halogens is 1. The average Bonchev–Trinajstić information content (AvgIpc) is 2.29. The number of hydrogen-bond acceptors (Lipinski definition) is 3. The fourth-order valence-corrected chi connectivity index (χ4v) is 2.62. The zero-order valence-electron chi connectivity index (χ0n) is 9.49. The van der Waals surface area contributed by atoms with Gasteiger partial charge in [-0.25, -0.2) is 0 Å². The van der Waals surface area contributed by atoms with Gasteiger partial charge < -0.3 is 15.7 Å². The minimum atomic E-state index is -0.161. The van der Waals surface area contributed by atoms with Crippen molar-refractivity contribution in [2.75, 3.05) is 18.0 Å². The van der Waals surface area contributed by atoms with E-state index >= 15 is 0 Å². The number of aliphatic hydroxyl groups excluding tert-OH is 1.